The van der Waals surface area contributed by atoms with Gasteiger partial charge < -0.3 is 4.74 Å². The van der Waals surface area contributed by atoms with E-state index >= 15 is 0 Å². The van der Waals surface area contributed by atoms with Crippen LogP contribution in [0, 0.1) is 0 Å². The van der Waals surface area contributed by atoms with Gasteiger partial charge in [-0.2, -0.15) is 0 Å². The smallest absolute Gasteiger partial charge is 0.339 e. The second kappa shape index (κ2) is 6.78. The number of ether oxygens (including phenoxy) is 1. The summed E-state index contributed by atoms with van der Waals surface area (Å²) in [7, 11) is -3.90. The van der Waals surface area contributed by atoms with Gasteiger partial charge in [0, 0.05) is 15.1 Å². The van der Waals surface area contributed by atoms with E-state index in [0.717, 1.165) is 6.07 Å². The van der Waals surface area contributed by atoms with E-state index in [1.807, 2.05) is 0 Å². The summed E-state index contributed by atoms with van der Waals surface area (Å²) >= 11 is 9.15. The molecule has 5 nitrogen and oxygen atoms in total. The van der Waals surface area contributed by atoms with Crippen LogP contribution in [-0.4, -0.2) is 14.4 Å². The summed E-state index contributed by atoms with van der Waals surface area (Å²) in [6.07, 6.45) is 0. The minimum atomic E-state index is -3.90. The summed E-state index contributed by atoms with van der Waals surface area (Å²) in [6.45, 7) is -0.0233. The molecule has 0 radical (unpaired) electrons. The van der Waals surface area contributed by atoms with E-state index in [4.69, 9.17) is 21.5 Å². The SMILES string of the molecule is NS(=O)(=O)c1ccc(Br)c(C(=O)OCc2ccccc2Cl)c1. The van der Waals surface area contributed by atoms with Crippen molar-refractivity contribution >= 4 is 43.5 Å². The first-order valence-corrected chi connectivity index (χ1v) is 8.73. The summed E-state index contributed by atoms with van der Waals surface area (Å²) in [4.78, 5) is 11.9. The number of nitrogens with two attached hydrogens (primary N) is 1. The van der Waals surface area contributed by atoms with Crippen LogP contribution >= 0.6 is 27.5 Å². The van der Waals surface area contributed by atoms with Crippen LogP contribution in [0.1, 0.15) is 15.9 Å². The molecule has 0 aliphatic carbocycles. The summed E-state index contributed by atoms with van der Waals surface area (Å²) in [5, 5.41) is 5.53. The Morgan fingerprint density at radius 3 is 2.55 bits per heavy atom. The monoisotopic (exact) mass is 403 g/mol. The summed E-state index contributed by atoms with van der Waals surface area (Å²) in [5.74, 6) is -0.683. The Morgan fingerprint density at radius 1 is 1.23 bits per heavy atom. The van der Waals surface area contributed by atoms with E-state index in [0.29, 0.717) is 15.1 Å². The van der Waals surface area contributed by atoms with Gasteiger partial charge >= 0.3 is 5.97 Å². The normalized spacial score (nSPS) is 11.2. The van der Waals surface area contributed by atoms with E-state index in [2.05, 4.69) is 15.9 Å². The zero-order valence-electron chi connectivity index (χ0n) is 11.1. The Kier molecular flexibility index (Phi) is 5.23. The Labute approximate surface area is 141 Å². The fourth-order valence-corrected chi connectivity index (χ4v) is 2.81. The van der Waals surface area contributed by atoms with Gasteiger partial charge in [0.05, 0.1) is 10.5 Å². The number of carbonyl (C=O) groups excluding carboxylic acids is 1. The average Bonchev–Trinajstić information content (AvgIpc) is 2.45. The van der Waals surface area contributed by atoms with Crippen LogP contribution in [0.2, 0.25) is 5.02 Å². The number of sulfonamides is 1. The van der Waals surface area contributed by atoms with Gasteiger partial charge in [0.2, 0.25) is 10.0 Å². The van der Waals surface area contributed by atoms with Gasteiger partial charge in [-0.25, -0.2) is 18.4 Å². The fraction of sp³-hybridized carbons (Fsp3) is 0.0714. The number of benzene rings is 2. The van der Waals surface area contributed by atoms with Crippen molar-refractivity contribution in [2.45, 2.75) is 11.5 Å². The lowest BCUT2D eigenvalue weighted by Gasteiger charge is -2.09. The number of halogens is 2. The molecule has 22 heavy (non-hydrogen) atoms. The predicted octanol–water partition coefficient (Wildman–Crippen LogP) is 3.11. The van der Waals surface area contributed by atoms with Crippen LogP contribution in [0.15, 0.2) is 51.8 Å². The number of rotatable bonds is 4. The molecule has 0 fully saturated rings. The first-order valence-electron chi connectivity index (χ1n) is 6.02. The number of hydrogen-bond acceptors (Lipinski definition) is 4. The quantitative estimate of drug-likeness (QED) is 0.793. The van der Waals surface area contributed by atoms with E-state index in [1.165, 1.54) is 12.1 Å². The molecule has 0 aliphatic heterocycles. The van der Waals surface area contributed by atoms with Crippen molar-refractivity contribution in [3.05, 3.63) is 63.1 Å². The zero-order valence-corrected chi connectivity index (χ0v) is 14.3. The molecule has 2 aromatic rings. The average molecular weight is 405 g/mol. The van der Waals surface area contributed by atoms with Crippen LogP contribution < -0.4 is 5.14 Å². The van der Waals surface area contributed by atoms with Gasteiger partial charge in [-0.15, -0.1) is 0 Å². The molecule has 0 saturated carbocycles. The maximum atomic E-state index is 12.1. The second-order valence-electron chi connectivity index (χ2n) is 4.35. The zero-order chi connectivity index (χ0) is 16.3. The molecule has 0 saturated heterocycles. The van der Waals surface area contributed by atoms with Crippen molar-refractivity contribution in [1.82, 2.24) is 0 Å². The van der Waals surface area contributed by atoms with Crippen molar-refractivity contribution in [2.24, 2.45) is 5.14 Å². The molecule has 2 rings (SSSR count). The number of primary sulfonamides is 1. The number of hydrogen-bond donors (Lipinski definition) is 1. The molecule has 8 heteroatoms. The van der Waals surface area contributed by atoms with Gasteiger partial charge in [-0.1, -0.05) is 29.8 Å². The van der Waals surface area contributed by atoms with Crippen molar-refractivity contribution in [1.29, 1.82) is 0 Å². The van der Waals surface area contributed by atoms with Gasteiger partial charge in [0.15, 0.2) is 0 Å². The second-order valence-corrected chi connectivity index (χ2v) is 7.18. The van der Waals surface area contributed by atoms with Gasteiger partial charge in [-0.05, 0) is 40.2 Å². The van der Waals surface area contributed by atoms with E-state index < -0.39 is 16.0 Å². The molecule has 0 amide bonds. The van der Waals surface area contributed by atoms with Crippen molar-refractivity contribution < 1.29 is 17.9 Å². The highest BCUT2D eigenvalue weighted by Gasteiger charge is 2.17. The summed E-state index contributed by atoms with van der Waals surface area (Å²) < 4.78 is 28.2. The lowest BCUT2D eigenvalue weighted by atomic mass is 10.2. The molecule has 2 aromatic carbocycles. The van der Waals surface area contributed by atoms with Gasteiger partial charge in [0.1, 0.15) is 6.61 Å². The minimum Gasteiger partial charge on any atom is -0.457 e. The first-order chi connectivity index (χ1) is 10.3. The number of esters is 1. The third-order valence-corrected chi connectivity index (χ3v) is 4.77. The van der Waals surface area contributed by atoms with E-state index in [-0.39, 0.29) is 17.1 Å². The van der Waals surface area contributed by atoms with Gasteiger partial charge in [0.25, 0.3) is 0 Å². The Hall–Kier alpha value is -1.41. The van der Waals surface area contributed by atoms with Crippen LogP contribution in [0.4, 0.5) is 0 Å². The highest BCUT2D eigenvalue weighted by atomic mass is 79.9. The van der Waals surface area contributed by atoms with E-state index in [9.17, 15) is 13.2 Å². The molecule has 0 aromatic heterocycles. The highest BCUT2D eigenvalue weighted by Crippen LogP contribution is 2.22. The molecule has 0 spiro atoms. The van der Waals surface area contributed by atoms with E-state index in [1.54, 1.807) is 24.3 Å². The van der Waals surface area contributed by atoms with Crippen LogP contribution in [-0.2, 0) is 21.4 Å². The molecule has 116 valence electrons. The topological polar surface area (TPSA) is 86.5 Å². The molecule has 0 bridgehead atoms. The lowest BCUT2D eigenvalue weighted by molar-refractivity contribution is 0.0471. The standard InChI is InChI=1S/C14H11BrClNO4S/c15-12-6-5-10(22(17,19)20)7-11(12)14(18)21-8-9-3-1-2-4-13(9)16/h1-7H,8H2,(H2,17,19,20). The molecule has 0 aliphatic rings. The summed E-state index contributed by atoms with van der Waals surface area (Å²) in [5.41, 5.74) is 0.717. The number of carbonyl (C=O) groups is 1. The first kappa shape index (κ1) is 17.0. The molecule has 0 unspecified atom stereocenters. The summed E-state index contributed by atoms with van der Waals surface area (Å²) in [6, 6.07) is 10.8. The third-order valence-electron chi connectivity index (χ3n) is 2.80. The molecule has 0 atom stereocenters. The Balaban J connectivity index is 2.21. The highest BCUT2D eigenvalue weighted by molar-refractivity contribution is 9.10. The van der Waals surface area contributed by atoms with Crippen LogP contribution in [0.25, 0.3) is 0 Å². The molecule has 2 N–H and O–H groups in total. The lowest BCUT2D eigenvalue weighted by Crippen LogP contribution is -2.14. The van der Waals surface area contributed by atoms with Crippen molar-refractivity contribution in [2.75, 3.05) is 0 Å². The Bertz CT molecular complexity index is 823. The maximum Gasteiger partial charge on any atom is 0.339 e. The predicted molar refractivity (Wildman–Crippen MR) is 86.1 cm³/mol. The maximum absolute atomic E-state index is 12.1. The third kappa shape index (κ3) is 4.07. The fourth-order valence-electron chi connectivity index (χ4n) is 1.67. The van der Waals surface area contributed by atoms with Crippen LogP contribution in [0.3, 0.4) is 0 Å². The molecular formula is C14H11BrClNO4S. The van der Waals surface area contributed by atoms with Crippen LogP contribution in [0.5, 0.6) is 0 Å². The molecule has 0 heterocycles. The van der Waals surface area contributed by atoms with Gasteiger partial charge in [-0.3, -0.25) is 0 Å². The minimum absolute atomic E-state index is 0.0233. The van der Waals surface area contributed by atoms with Crippen molar-refractivity contribution in [3.8, 4) is 0 Å². The van der Waals surface area contributed by atoms with Crippen molar-refractivity contribution in [3.63, 3.8) is 0 Å². The molecular weight excluding hydrogens is 394 g/mol. The largest absolute Gasteiger partial charge is 0.457 e. The Morgan fingerprint density at radius 2 is 1.91 bits per heavy atom.